The largest absolute Gasteiger partial charge is 0.460 e. The molecule has 51 heavy (non-hydrogen) atoms. The van der Waals surface area contributed by atoms with E-state index in [9.17, 15) is 24.0 Å². The summed E-state index contributed by atoms with van der Waals surface area (Å²) in [6.07, 6.45) is 5.33. The molecule has 2 N–H and O–H groups in total. The molecule has 0 unspecified atom stereocenters. The van der Waals surface area contributed by atoms with E-state index in [0.717, 1.165) is 55.2 Å². The SMILES string of the molecule is CC(=O)N[C@@H](CCC(=O)C[C@H](C(=O)OC(C)(C)C)C(C)C)C(=O)Oc1ccc2c(c1)[C@@]1(C)CCCCC[C@@H](C2)[C@@H]1NC(=O)OCc1ccccc1. The number of fused-ring (bicyclic) bond motifs is 4. The van der Waals surface area contributed by atoms with Gasteiger partial charge in [0.05, 0.1) is 5.92 Å². The molecule has 2 aromatic rings. The number of Topliss-reactive ketones (excluding diaryl/α,β-unsaturated/α-hetero) is 1. The number of rotatable bonds is 13. The zero-order valence-electron chi connectivity index (χ0n) is 31.3. The van der Waals surface area contributed by atoms with Crippen LogP contribution in [-0.4, -0.2) is 47.4 Å². The van der Waals surface area contributed by atoms with E-state index in [1.807, 2.05) is 56.3 Å². The Morgan fingerprint density at radius 2 is 1.69 bits per heavy atom. The Balaban J connectivity index is 1.47. The molecule has 1 saturated carbocycles. The zero-order chi connectivity index (χ0) is 37.3. The minimum absolute atomic E-state index is 0.0200. The Bertz CT molecular complexity index is 1550. The molecule has 4 rings (SSSR count). The number of hydrogen-bond donors (Lipinski definition) is 2. The van der Waals surface area contributed by atoms with Crippen LogP contribution >= 0.6 is 0 Å². The minimum Gasteiger partial charge on any atom is -0.460 e. The van der Waals surface area contributed by atoms with Crippen LogP contribution in [0.3, 0.4) is 0 Å². The van der Waals surface area contributed by atoms with Crippen molar-refractivity contribution in [3.63, 3.8) is 0 Å². The Hall–Kier alpha value is -4.21. The summed E-state index contributed by atoms with van der Waals surface area (Å²) in [4.78, 5) is 64.6. The quantitative estimate of drug-likeness (QED) is 0.166. The number of ketones is 1. The van der Waals surface area contributed by atoms with Gasteiger partial charge >= 0.3 is 18.0 Å². The van der Waals surface area contributed by atoms with Crippen molar-refractivity contribution >= 4 is 29.7 Å². The molecular formula is C41H56N2O8. The smallest absolute Gasteiger partial charge is 0.407 e. The normalized spacial score (nSPS) is 21.2. The van der Waals surface area contributed by atoms with Crippen LogP contribution in [0.25, 0.3) is 0 Å². The average molecular weight is 705 g/mol. The van der Waals surface area contributed by atoms with Crippen LogP contribution in [0.2, 0.25) is 0 Å². The van der Waals surface area contributed by atoms with Crippen molar-refractivity contribution in [1.29, 1.82) is 0 Å². The lowest BCUT2D eigenvalue weighted by Crippen LogP contribution is -2.57. The summed E-state index contributed by atoms with van der Waals surface area (Å²) in [5.74, 6) is -1.91. The lowest BCUT2D eigenvalue weighted by atomic mass is 9.59. The molecule has 0 saturated heterocycles. The maximum atomic E-state index is 13.5. The van der Waals surface area contributed by atoms with Gasteiger partial charge in [0.25, 0.3) is 0 Å². The predicted octanol–water partition coefficient (Wildman–Crippen LogP) is 7.14. The van der Waals surface area contributed by atoms with E-state index in [2.05, 4.69) is 17.6 Å². The van der Waals surface area contributed by atoms with Gasteiger partial charge < -0.3 is 24.8 Å². The van der Waals surface area contributed by atoms with Gasteiger partial charge in [-0.1, -0.05) is 76.4 Å². The molecule has 0 aliphatic heterocycles. The lowest BCUT2D eigenvalue weighted by Gasteiger charge is -2.49. The molecule has 10 heteroatoms. The monoisotopic (exact) mass is 704 g/mol. The number of alkyl carbamates (subject to hydrolysis) is 1. The summed E-state index contributed by atoms with van der Waals surface area (Å²) in [6, 6.07) is 14.0. The van der Waals surface area contributed by atoms with Crippen molar-refractivity contribution in [3.05, 3.63) is 65.2 Å². The third-order valence-corrected chi connectivity index (χ3v) is 10.1. The van der Waals surface area contributed by atoms with Crippen LogP contribution < -0.4 is 15.4 Å². The van der Waals surface area contributed by atoms with Gasteiger partial charge in [-0.15, -0.1) is 0 Å². The van der Waals surface area contributed by atoms with Crippen molar-refractivity contribution in [2.45, 2.75) is 136 Å². The molecule has 0 heterocycles. The van der Waals surface area contributed by atoms with E-state index in [0.29, 0.717) is 5.75 Å². The second-order valence-electron chi connectivity index (χ2n) is 15.8. The second kappa shape index (κ2) is 17.3. The van der Waals surface area contributed by atoms with Crippen molar-refractivity contribution in [2.75, 3.05) is 0 Å². The Morgan fingerprint density at radius 1 is 0.961 bits per heavy atom. The van der Waals surface area contributed by atoms with Crippen LogP contribution in [-0.2, 0) is 47.1 Å². The topological polar surface area (TPSA) is 137 Å². The van der Waals surface area contributed by atoms with Gasteiger partial charge in [0.15, 0.2) is 0 Å². The summed E-state index contributed by atoms with van der Waals surface area (Å²) in [5, 5.41) is 5.87. The third kappa shape index (κ3) is 11.1. The Morgan fingerprint density at radius 3 is 2.35 bits per heavy atom. The molecule has 0 aromatic heterocycles. The molecule has 2 amide bonds. The molecule has 1 fully saturated rings. The molecule has 10 nitrogen and oxygen atoms in total. The summed E-state index contributed by atoms with van der Waals surface area (Å²) in [5.41, 5.74) is 1.99. The molecule has 2 aromatic carbocycles. The zero-order valence-corrected chi connectivity index (χ0v) is 31.3. The summed E-state index contributed by atoms with van der Waals surface area (Å²) < 4.78 is 17.1. The van der Waals surface area contributed by atoms with Crippen LogP contribution in [0.1, 0.15) is 117 Å². The maximum absolute atomic E-state index is 13.5. The minimum atomic E-state index is -1.06. The molecule has 2 aliphatic carbocycles. The number of esters is 2. The van der Waals surface area contributed by atoms with Crippen molar-refractivity contribution < 1.29 is 38.2 Å². The summed E-state index contributed by atoms with van der Waals surface area (Å²) in [6.45, 7) is 12.7. The van der Waals surface area contributed by atoms with E-state index in [1.54, 1.807) is 26.8 Å². The summed E-state index contributed by atoms with van der Waals surface area (Å²) >= 11 is 0. The first kappa shape index (κ1) is 39.6. The number of carbonyl (C=O) groups is 5. The number of amides is 2. The number of carbonyl (C=O) groups excluding carboxylic acids is 5. The van der Waals surface area contributed by atoms with E-state index in [4.69, 9.17) is 14.2 Å². The highest BCUT2D eigenvalue weighted by molar-refractivity contribution is 5.87. The lowest BCUT2D eigenvalue weighted by molar-refractivity contribution is -0.163. The highest BCUT2D eigenvalue weighted by Crippen LogP contribution is 2.47. The van der Waals surface area contributed by atoms with Crippen LogP contribution in [0.4, 0.5) is 4.79 Å². The van der Waals surface area contributed by atoms with E-state index in [1.165, 1.54) is 6.92 Å². The molecule has 2 aliphatic rings. The van der Waals surface area contributed by atoms with Crippen LogP contribution in [0.15, 0.2) is 48.5 Å². The highest BCUT2D eigenvalue weighted by Gasteiger charge is 2.47. The molecule has 278 valence electrons. The van der Waals surface area contributed by atoms with E-state index >= 15 is 0 Å². The van der Waals surface area contributed by atoms with Crippen molar-refractivity contribution in [3.8, 4) is 5.75 Å². The van der Waals surface area contributed by atoms with E-state index in [-0.39, 0.29) is 49.5 Å². The van der Waals surface area contributed by atoms with Gasteiger partial charge in [-0.3, -0.25) is 14.4 Å². The van der Waals surface area contributed by atoms with Gasteiger partial charge in [-0.05, 0) is 87.1 Å². The van der Waals surface area contributed by atoms with Crippen LogP contribution in [0, 0.1) is 17.8 Å². The van der Waals surface area contributed by atoms with Gasteiger partial charge in [0.2, 0.25) is 5.91 Å². The standard InChI is InChI=1S/C41H56N2O8/c1-26(2)33(37(46)51-40(4,5)6)23-31(45)18-20-35(42-27(3)44)38(47)50-32-19-17-29-22-30-16-12-9-13-21-41(7,34(29)24-32)36(30)43-39(48)49-25-28-14-10-8-11-15-28/h8,10-11,14-15,17,19,24,26,30,33,35-36H,9,12-13,16,18,20-23,25H2,1-7H3,(H,42,44)(H,43,48)/t30-,33-,35-,36-,41+/m0/s1. The van der Waals surface area contributed by atoms with Gasteiger partial charge in [0.1, 0.15) is 29.8 Å². The fourth-order valence-corrected chi connectivity index (χ4v) is 7.52. The first-order chi connectivity index (χ1) is 24.1. The van der Waals surface area contributed by atoms with E-state index < -0.39 is 46.9 Å². The maximum Gasteiger partial charge on any atom is 0.407 e. The van der Waals surface area contributed by atoms with Gasteiger partial charge in [0, 0.05) is 31.2 Å². The first-order valence-corrected chi connectivity index (χ1v) is 18.4. The second-order valence-corrected chi connectivity index (χ2v) is 15.8. The third-order valence-electron chi connectivity index (χ3n) is 10.1. The molecule has 2 bridgehead atoms. The van der Waals surface area contributed by atoms with Gasteiger partial charge in [-0.25, -0.2) is 9.59 Å². The Kier molecular flexibility index (Phi) is 13.5. The number of nitrogens with one attached hydrogen (secondary N) is 2. The van der Waals surface area contributed by atoms with Crippen LogP contribution in [0.5, 0.6) is 5.75 Å². The molecule has 0 spiro atoms. The number of benzene rings is 2. The van der Waals surface area contributed by atoms with Gasteiger partial charge in [-0.2, -0.15) is 0 Å². The Labute approximate surface area is 302 Å². The number of hydrogen-bond acceptors (Lipinski definition) is 8. The van der Waals surface area contributed by atoms with Crippen molar-refractivity contribution in [2.24, 2.45) is 17.8 Å². The average Bonchev–Trinajstić information content (AvgIpc) is 3.05. The first-order valence-electron chi connectivity index (χ1n) is 18.4. The van der Waals surface area contributed by atoms with Crippen molar-refractivity contribution in [1.82, 2.24) is 10.6 Å². The fraction of sp³-hybridized carbons (Fsp3) is 0.585. The fourth-order valence-electron chi connectivity index (χ4n) is 7.52. The molecule has 5 atom stereocenters. The molecular weight excluding hydrogens is 648 g/mol. The number of ether oxygens (including phenoxy) is 3. The predicted molar refractivity (Wildman–Crippen MR) is 194 cm³/mol. The summed E-state index contributed by atoms with van der Waals surface area (Å²) in [7, 11) is 0. The highest BCUT2D eigenvalue weighted by atomic mass is 16.6. The molecule has 0 radical (unpaired) electrons.